The summed E-state index contributed by atoms with van der Waals surface area (Å²) in [7, 11) is 0. The highest BCUT2D eigenvalue weighted by molar-refractivity contribution is 5.84. The first kappa shape index (κ1) is 35.0. The topological polar surface area (TPSA) is 71.1 Å². The van der Waals surface area contributed by atoms with Crippen LogP contribution in [0.4, 0.5) is 0 Å². The van der Waals surface area contributed by atoms with Crippen LogP contribution in [-0.4, -0.2) is 38.2 Å². The van der Waals surface area contributed by atoms with Crippen molar-refractivity contribution >= 4 is 11.8 Å². The fourth-order valence-electron chi connectivity index (χ4n) is 5.94. The highest BCUT2D eigenvalue weighted by Gasteiger charge is 2.19. The summed E-state index contributed by atoms with van der Waals surface area (Å²) in [5.41, 5.74) is 6.25. The number of hydrogen-bond donors (Lipinski definition) is 0. The summed E-state index contributed by atoms with van der Waals surface area (Å²) in [6.07, 6.45) is 11.1. The van der Waals surface area contributed by atoms with Crippen molar-refractivity contribution in [1.82, 2.24) is 0 Å². The van der Waals surface area contributed by atoms with Crippen LogP contribution >= 0.6 is 0 Å². The number of rotatable bonds is 18. The van der Waals surface area contributed by atoms with Crippen molar-refractivity contribution in [3.05, 3.63) is 89.5 Å². The van der Waals surface area contributed by atoms with Crippen LogP contribution < -0.4 is 14.2 Å². The quantitative estimate of drug-likeness (QED) is 0.0608. The molecule has 0 heterocycles. The lowest BCUT2D eigenvalue weighted by molar-refractivity contribution is -0.129. The maximum atomic E-state index is 12.2. The average molecular weight is 627 g/mol. The molecule has 0 N–H and O–H groups in total. The predicted molar refractivity (Wildman–Crippen MR) is 184 cm³/mol. The van der Waals surface area contributed by atoms with E-state index in [1.165, 1.54) is 37.3 Å². The number of hydrogen-bond acceptors (Lipinski definition) is 6. The van der Waals surface area contributed by atoms with Crippen LogP contribution in [0.25, 0.3) is 11.1 Å². The fraction of sp³-hybridized carbons (Fsp3) is 0.450. The molecule has 46 heavy (non-hydrogen) atoms. The number of esters is 1. The summed E-state index contributed by atoms with van der Waals surface area (Å²) in [6, 6.07) is 18.5. The predicted octanol–water partition coefficient (Wildman–Crippen LogP) is 8.96. The van der Waals surface area contributed by atoms with Gasteiger partial charge >= 0.3 is 5.97 Å². The monoisotopic (exact) mass is 626 g/mol. The highest BCUT2D eigenvalue weighted by atomic mass is 16.5. The van der Waals surface area contributed by atoms with Crippen molar-refractivity contribution < 1.29 is 28.5 Å². The van der Waals surface area contributed by atoms with Crippen LogP contribution in [-0.2, 0) is 27.2 Å². The van der Waals surface area contributed by atoms with Gasteiger partial charge in [0, 0.05) is 25.5 Å². The molecule has 1 fully saturated rings. The Hall–Kier alpha value is -3.90. The summed E-state index contributed by atoms with van der Waals surface area (Å²) >= 11 is 0. The Morgan fingerprint density at radius 2 is 1.57 bits per heavy atom. The molecule has 1 aliphatic rings. The van der Waals surface area contributed by atoms with E-state index in [4.69, 9.17) is 18.9 Å². The van der Waals surface area contributed by atoms with Gasteiger partial charge in [0.05, 0.1) is 6.61 Å². The Morgan fingerprint density at radius 1 is 0.848 bits per heavy atom. The van der Waals surface area contributed by atoms with E-state index in [0.29, 0.717) is 63.1 Å². The third kappa shape index (κ3) is 10.9. The van der Waals surface area contributed by atoms with Crippen molar-refractivity contribution in [2.45, 2.75) is 85.0 Å². The van der Waals surface area contributed by atoms with Crippen molar-refractivity contribution in [3.8, 4) is 28.4 Å². The zero-order valence-electron chi connectivity index (χ0n) is 27.9. The minimum absolute atomic E-state index is 0.354. The second-order valence-electron chi connectivity index (χ2n) is 12.3. The highest BCUT2D eigenvalue weighted by Crippen LogP contribution is 2.33. The molecule has 1 aliphatic carbocycles. The molecule has 0 aromatic heterocycles. The SMILES string of the molecule is C=CC(=O)Oc1cc(-c2cc(C)c(OCCOc3ccc(CCCCCC)cc3)c(C)c2)ccc1CCOCC1CCC(=O)CC1. The summed E-state index contributed by atoms with van der Waals surface area (Å²) in [4.78, 5) is 23.7. The summed E-state index contributed by atoms with van der Waals surface area (Å²) < 4.78 is 23.7. The van der Waals surface area contributed by atoms with E-state index < -0.39 is 5.97 Å². The molecule has 0 aliphatic heterocycles. The van der Waals surface area contributed by atoms with Crippen LogP contribution in [0.2, 0.25) is 0 Å². The van der Waals surface area contributed by atoms with E-state index in [1.54, 1.807) is 0 Å². The lowest BCUT2D eigenvalue weighted by Gasteiger charge is -2.20. The lowest BCUT2D eigenvalue weighted by atomic mass is 9.89. The van der Waals surface area contributed by atoms with Crippen LogP contribution in [0, 0.1) is 19.8 Å². The maximum Gasteiger partial charge on any atom is 0.335 e. The standard InChI is InChI=1S/C40H50O6/c1-5-7-8-9-10-31-13-19-37(20-14-31)44-23-24-45-40-29(3)25-35(26-30(40)4)34-16-15-33(38(27-34)46-39(42)6-2)21-22-43-28-32-11-17-36(41)18-12-32/h6,13-16,19-20,25-27,32H,2,5,7-12,17-18,21-24,28H2,1,3-4H3. The Kier molecular flexibility index (Phi) is 13.9. The minimum atomic E-state index is -0.497. The average Bonchev–Trinajstić information content (AvgIpc) is 3.06. The molecule has 6 nitrogen and oxygen atoms in total. The maximum absolute atomic E-state index is 12.2. The van der Waals surface area contributed by atoms with E-state index in [-0.39, 0.29) is 0 Å². The second-order valence-corrected chi connectivity index (χ2v) is 12.3. The van der Waals surface area contributed by atoms with Crippen molar-refractivity contribution in [3.63, 3.8) is 0 Å². The number of aryl methyl sites for hydroxylation is 3. The van der Waals surface area contributed by atoms with Gasteiger partial charge < -0.3 is 18.9 Å². The number of unbranched alkanes of at least 4 members (excludes halogenated alkanes) is 3. The molecule has 0 bridgehead atoms. The van der Waals surface area contributed by atoms with Gasteiger partial charge in [0.1, 0.15) is 36.2 Å². The van der Waals surface area contributed by atoms with Gasteiger partial charge in [-0.15, -0.1) is 0 Å². The van der Waals surface area contributed by atoms with Crippen molar-refractivity contribution in [1.29, 1.82) is 0 Å². The van der Waals surface area contributed by atoms with Crippen LogP contribution in [0.3, 0.4) is 0 Å². The molecule has 0 spiro atoms. The number of ketones is 1. The number of Topliss-reactive ketones (excluding diaryl/α,β-unsaturated/α-hetero) is 1. The third-order valence-electron chi connectivity index (χ3n) is 8.61. The minimum Gasteiger partial charge on any atom is -0.490 e. The lowest BCUT2D eigenvalue weighted by Crippen LogP contribution is -2.19. The van der Waals surface area contributed by atoms with Crippen molar-refractivity contribution in [2.24, 2.45) is 5.92 Å². The normalized spacial score (nSPS) is 13.4. The van der Waals surface area contributed by atoms with Crippen LogP contribution in [0.5, 0.6) is 17.2 Å². The first-order valence-corrected chi connectivity index (χ1v) is 16.9. The van der Waals surface area contributed by atoms with E-state index in [1.807, 2.05) is 44.2 Å². The molecule has 246 valence electrons. The Balaban J connectivity index is 1.32. The molecule has 3 aromatic rings. The summed E-state index contributed by atoms with van der Waals surface area (Å²) in [5, 5.41) is 0. The van der Waals surface area contributed by atoms with E-state index >= 15 is 0 Å². The zero-order valence-corrected chi connectivity index (χ0v) is 27.9. The Bertz CT molecular complexity index is 1410. The largest absolute Gasteiger partial charge is 0.490 e. The molecule has 1 saturated carbocycles. The molecule has 0 amide bonds. The zero-order chi connectivity index (χ0) is 32.7. The Morgan fingerprint density at radius 3 is 2.26 bits per heavy atom. The summed E-state index contributed by atoms with van der Waals surface area (Å²) in [5.74, 6) is 2.51. The molecule has 0 saturated heterocycles. The second kappa shape index (κ2) is 18.3. The van der Waals surface area contributed by atoms with E-state index in [9.17, 15) is 9.59 Å². The van der Waals surface area contributed by atoms with Gasteiger partial charge in [-0.05, 0) is 116 Å². The molecule has 3 aromatic carbocycles. The first-order valence-electron chi connectivity index (χ1n) is 16.9. The fourth-order valence-corrected chi connectivity index (χ4v) is 5.94. The number of carbonyl (C=O) groups excluding carboxylic acids is 2. The van der Waals surface area contributed by atoms with Crippen LogP contribution in [0.15, 0.2) is 67.3 Å². The van der Waals surface area contributed by atoms with Gasteiger partial charge in [-0.2, -0.15) is 0 Å². The van der Waals surface area contributed by atoms with Gasteiger partial charge in [-0.3, -0.25) is 4.79 Å². The third-order valence-corrected chi connectivity index (χ3v) is 8.61. The summed E-state index contributed by atoms with van der Waals surface area (Å²) in [6.45, 7) is 11.9. The number of benzene rings is 3. The number of carbonyl (C=O) groups is 2. The van der Waals surface area contributed by atoms with Gasteiger partial charge in [-0.1, -0.05) is 57.0 Å². The van der Waals surface area contributed by atoms with E-state index in [0.717, 1.165) is 58.6 Å². The molecule has 0 atom stereocenters. The van der Waals surface area contributed by atoms with Crippen LogP contribution in [0.1, 0.15) is 80.5 Å². The molecule has 6 heteroatoms. The molecule has 0 unspecified atom stereocenters. The molecule has 0 radical (unpaired) electrons. The van der Waals surface area contributed by atoms with Gasteiger partial charge in [0.2, 0.25) is 0 Å². The van der Waals surface area contributed by atoms with E-state index in [2.05, 4.69) is 37.8 Å². The van der Waals surface area contributed by atoms with Gasteiger partial charge in [-0.25, -0.2) is 4.79 Å². The first-order chi connectivity index (χ1) is 22.4. The smallest absolute Gasteiger partial charge is 0.335 e. The van der Waals surface area contributed by atoms with Gasteiger partial charge in [0.15, 0.2) is 0 Å². The number of ether oxygens (including phenoxy) is 4. The van der Waals surface area contributed by atoms with Gasteiger partial charge in [0.25, 0.3) is 0 Å². The van der Waals surface area contributed by atoms with Crippen molar-refractivity contribution in [2.75, 3.05) is 26.4 Å². The Labute approximate surface area is 275 Å². The molecule has 4 rings (SSSR count). The molecular formula is C40H50O6. The molecular weight excluding hydrogens is 576 g/mol.